The van der Waals surface area contributed by atoms with Gasteiger partial charge in [-0.25, -0.2) is 0 Å². The van der Waals surface area contributed by atoms with Crippen LogP contribution in [0.25, 0.3) is 0 Å². The third kappa shape index (κ3) is 3.90. The number of aliphatic hydroxyl groups excluding tert-OH is 1. The summed E-state index contributed by atoms with van der Waals surface area (Å²) in [6.45, 7) is 8.14. The van der Waals surface area contributed by atoms with Crippen molar-refractivity contribution in [3.05, 3.63) is 35.4 Å². The number of fused-ring (bicyclic) bond motifs is 1. The second-order valence-corrected chi connectivity index (χ2v) is 6.74. The smallest absolute Gasteiger partial charge is 0.193 e. The fourth-order valence-corrected chi connectivity index (χ4v) is 2.54. The van der Waals surface area contributed by atoms with Gasteiger partial charge in [0.05, 0.1) is 12.6 Å². The molecule has 0 fully saturated rings. The van der Waals surface area contributed by atoms with Crippen LogP contribution in [0.5, 0.6) is 0 Å². The standard InChI is InChI=1S/C17H25NO3/c1-12(19)11-18(17(2,3)4)21-15-10-9-13-7-5-6-8-14(13)16(15)20/h5-8,12,15,19H,9-11H2,1-4H3. The van der Waals surface area contributed by atoms with Crippen molar-refractivity contribution < 1.29 is 14.7 Å². The van der Waals surface area contributed by atoms with Gasteiger partial charge < -0.3 is 5.11 Å². The number of nitrogens with zero attached hydrogens (tertiary/aromatic N) is 1. The summed E-state index contributed by atoms with van der Waals surface area (Å²) in [7, 11) is 0. The van der Waals surface area contributed by atoms with Gasteiger partial charge in [-0.05, 0) is 46.1 Å². The Labute approximate surface area is 126 Å². The van der Waals surface area contributed by atoms with Crippen molar-refractivity contribution in [2.24, 2.45) is 0 Å². The molecule has 1 N–H and O–H groups in total. The molecule has 1 aromatic rings. The van der Waals surface area contributed by atoms with Gasteiger partial charge in [-0.1, -0.05) is 24.3 Å². The highest BCUT2D eigenvalue weighted by molar-refractivity contribution is 6.01. The first-order chi connectivity index (χ1) is 9.79. The number of carbonyl (C=O) groups excluding carboxylic acids is 1. The Morgan fingerprint density at radius 2 is 2.05 bits per heavy atom. The molecule has 0 heterocycles. The Morgan fingerprint density at radius 1 is 1.38 bits per heavy atom. The summed E-state index contributed by atoms with van der Waals surface area (Å²) in [6, 6.07) is 7.71. The van der Waals surface area contributed by atoms with E-state index in [0.717, 1.165) is 17.5 Å². The number of ketones is 1. The molecule has 116 valence electrons. The van der Waals surface area contributed by atoms with Gasteiger partial charge in [-0.3, -0.25) is 9.63 Å². The van der Waals surface area contributed by atoms with Crippen molar-refractivity contribution in [2.75, 3.05) is 6.54 Å². The van der Waals surface area contributed by atoms with E-state index in [1.165, 1.54) is 0 Å². The van der Waals surface area contributed by atoms with E-state index < -0.39 is 12.2 Å². The van der Waals surface area contributed by atoms with E-state index in [0.29, 0.717) is 13.0 Å². The molecular weight excluding hydrogens is 266 g/mol. The van der Waals surface area contributed by atoms with Crippen LogP contribution in [0.15, 0.2) is 24.3 Å². The highest BCUT2D eigenvalue weighted by atomic mass is 16.7. The Morgan fingerprint density at radius 3 is 2.67 bits per heavy atom. The lowest BCUT2D eigenvalue weighted by Crippen LogP contribution is -2.49. The fraction of sp³-hybridized carbons (Fsp3) is 0.588. The average Bonchev–Trinajstić information content (AvgIpc) is 2.39. The number of Topliss-reactive ketones (excluding diaryl/α,β-unsaturated/α-hetero) is 1. The van der Waals surface area contributed by atoms with E-state index in [-0.39, 0.29) is 11.3 Å². The normalized spacial score (nSPS) is 20.5. The number of carbonyl (C=O) groups is 1. The quantitative estimate of drug-likeness (QED) is 0.866. The van der Waals surface area contributed by atoms with Crippen molar-refractivity contribution in [3.63, 3.8) is 0 Å². The van der Waals surface area contributed by atoms with Crippen molar-refractivity contribution in [3.8, 4) is 0 Å². The third-order valence-electron chi connectivity index (χ3n) is 3.68. The Kier molecular flexibility index (Phi) is 4.81. The molecule has 2 rings (SSSR count). The molecule has 0 aromatic heterocycles. The molecular formula is C17H25NO3. The van der Waals surface area contributed by atoms with Crippen LogP contribution in [0.3, 0.4) is 0 Å². The summed E-state index contributed by atoms with van der Waals surface area (Å²) in [5.41, 5.74) is 1.59. The van der Waals surface area contributed by atoms with Crippen LogP contribution >= 0.6 is 0 Å². The Hall–Kier alpha value is -1.23. The lowest BCUT2D eigenvalue weighted by atomic mass is 9.89. The summed E-state index contributed by atoms with van der Waals surface area (Å²) < 4.78 is 0. The molecule has 0 amide bonds. The summed E-state index contributed by atoms with van der Waals surface area (Å²) in [6.07, 6.45) is 0.565. The predicted molar refractivity (Wildman–Crippen MR) is 82.1 cm³/mol. The van der Waals surface area contributed by atoms with Crippen molar-refractivity contribution in [2.45, 2.75) is 58.3 Å². The molecule has 0 aliphatic heterocycles. The average molecular weight is 291 g/mol. The number of hydrogen-bond donors (Lipinski definition) is 1. The monoisotopic (exact) mass is 291 g/mol. The van der Waals surface area contributed by atoms with E-state index in [4.69, 9.17) is 4.84 Å². The van der Waals surface area contributed by atoms with E-state index in [2.05, 4.69) is 0 Å². The van der Waals surface area contributed by atoms with Crippen LogP contribution in [0.1, 0.15) is 50.0 Å². The largest absolute Gasteiger partial charge is 0.392 e. The second-order valence-electron chi connectivity index (χ2n) is 6.74. The summed E-state index contributed by atoms with van der Waals surface area (Å²) in [4.78, 5) is 18.5. The van der Waals surface area contributed by atoms with Crippen molar-refractivity contribution in [1.29, 1.82) is 0 Å². The van der Waals surface area contributed by atoms with Gasteiger partial charge in [0, 0.05) is 11.1 Å². The minimum atomic E-state index is -0.504. The molecule has 21 heavy (non-hydrogen) atoms. The molecule has 0 radical (unpaired) electrons. The van der Waals surface area contributed by atoms with Gasteiger partial charge in [-0.15, -0.1) is 0 Å². The maximum atomic E-state index is 12.6. The molecule has 1 aliphatic rings. The number of aliphatic hydroxyl groups is 1. The molecule has 4 heteroatoms. The SMILES string of the molecule is CC(O)CN(OC1CCc2ccccc2C1=O)C(C)(C)C. The number of rotatable bonds is 4. The first-order valence-electron chi connectivity index (χ1n) is 7.53. The highest BCUT2D eigenvalue weighted by Gasteiger charge is 2.33. The molecule has 4 nitrogen and oxygen atoms in total. The minimum absolute atomic E-state index is 0.0386. The molecule has 2 atom stereocenters. The predicted octanol–water partition coefficient (Wildman–Crippen LogP) is 2.60. The zero-order valence-electron chi connectivity index (χ0n) is 13.3. The molecule has 1 aliphatic carbocycles. The van der Waals surface area contributed by atoms with Crippen LogP contribution in [0.4, 0.5) is 0 Å². The fourth-order valence-electron chi connectivity index (χ4n) is 2.54. The number of hydroxylamine groups is 2. The van der Waals surface area contributed by atoms with Gasteiger partial charge in [0.1, 0.15) is 6.10 Å². The lowest BCUT2D eigenvalue weighted by molar-refractivity contribution is -0.239. The maximum Gasteiger partial charge on any atom is 0.193 e. The molecule has 0 saturated heterocycles. The topological polar surface area (TPSA) is 49.8 Å². The van der Waals surface area contributed by atoms with Crippen LogP contribution < -0.4 is 0 Å². The van der Waals surface area contributed by atoms with Gasteiger partial charge in [0.25, 0.3) is 0 Å². The van der Waals surface area contributed by atoms with Crippen LogP contribution in [-0.2, 0) is 11.3 Å². The summed E-state index contributed by atoms with van der Waals surface area (Å²) in [5, 5.41) is 11.4. The number of β-amino-alcohol motifs (C(OH)–C–C–N with tert-alkyl or cyclic N) is 1. The molecule has 1 aromatic carbocycles. The second kappa shape index (κ2) is 6.26. The molecule has 0 saturated carbocycles. The van der Waals surface area contributed by atoms with Gasteiger partial charge >= 0.3 is 0 Å². The van der Waals surface area contributed by atoms with E-state index in [1.54, 1.807) is 12.0 Å². The first kappa shape index (κ1) is 16.1. The first-order valence-corrected chi connectivity index (χ1v) is 7.53. The van der Waals surface area contributed by atoms with Crippen LogP contribution in [0.2, 0.25) is 0 Å². The van der Waals surface area contributed by atoms with Crippen molar-refractivity contribution in [1.82, 2.24) is 5.06 Å². The molecule has 2 unspecified atom stereocenters. The van der Waals surface area contributed by atoms with Gasteiger partial charge in [0.15, 0.2) is 5.78 Å². The molecule has 0 bridgehead atoms. The number of hydrogen-bond acceptors (Lipinski definition) is 4. The van der Waals surface area contributed by atoms with E-state index >= 15 is 0 Å². The minimum Gasteiger partial charge on any atom is -0.392 e. The zero-order chi connectivity index (χ0) is 15.6. The van der Waals surface area contributed by atoms with Crippen molar-refractivity contribution >= 4 is 5.78 Å². The van der Waals surface area contributed by atoms with Gasteiger partial charge in [0.2, 0.25) is 0 Å². The van der Waals surface area contributed by atoms with E-state index in [1.807, 2.05) is 45.0 Å². The number of aryl methyl sites for hydroxylation is 1. The zero-order valence-corrected chi connectivity index (χ0v) is 13.3. The van der Waals surface area contributed by atoms with E-state index in [9.17, 15) is 9.90 Å². The lowest BCUT2D eigenvalue weighted by Gasteiger charge is -2.38. The third-order valence-corrected chi connectivity index (χ3v) is 3.68. The summed E-state index contributed by atoms with van der Waals surface area (Å²) >= 11 is 0. The Bertz CT molecular complexity index is 505. The van der Waals surface area contributed by atoms with Crippen LogP contribution in [-0.4, -0.2) is 40.2 Å². The van der Waals surface area contributed by atoms with Gasteiger partial charge in [-0.2, -0.15) is 5.06 Å². The van der Waals surface area contributed by atoms with Crippen LogP contribution in [0, 0.1) is 0 Å². The maximum absolute atomic E-state index is 12.6. The highest BCUT2D eigenvalue weighted by Crippen LogP contribution is 2.26. The summed E-state index contributed by atoms with van der Waals surface area (Å²) in [5.74, 6) is 0.0386. The number of benzene rings is 1. The Balaban J connectivity index is 2.14. The molecule has 0 spiro atoms.